The molecule has 0 aromatic carbocycles. The molecule has 3 aromatic heterocycles. The molecule has 3 aromatic rings. The van der Waals surface area contributed by atoms with Gasteiger partial charge in [-0.3, -0.25) is 22.9 Å². The zero-order valence-electron chi connectivity index (χ0n) is 23.9. The molecule has 0 radical (unpaired) electrons. The van der Waals surface area contributed by atoms with E-state index in [4.69, 9.17) is 30.0 Å². The van der Waals surface area contributed by atoms with Crippen molar-refractivity contribution in [3.63, 3.8) is 0 Å². The molecule has 5 heterocycles. The van der Waals surface area contributed by atoms with Gasteiger partial charge >= 0.3 is 23.5 Å². The van der Waals surface area contributed by atoms with Crippen LogP contribution in [0.3, 0.4) is 0 Å². The number of hydrogen-bond acceptors (Lipinski definition) is 17. The number of nitrogen functional groups attached to an aromatic ring is 1. The van der Waals surface area contributed by atoms with Crippen LogP contribution in [-0.4, -0.2) is 110 Å². The highest BCUT2D eigenvalue weighted by Crippen LogP contribution is 2.61. The highest BCUT2D eigenvalue weighted by molar-refractivity contribution is 7.61. The van der Waals surface area contributed by atoms with Crippen molar-refractivity contribution in [1.29, 1.82) is 0 Å². The Morgan fingerprint density at radius 3 is 2.23 bits per heavy atom. The molecule has 2 aliphatic heterocycles. The monoisotopic (exact) mass is 744 g/mol. The van der Waals surface area contributed by atoms with Crippen LogP contribution in [0.15, 0.2) is 37.2 Å². The molecule has 0 aliphatic carbocycles. The Bertz CT molecular complexity index is 1810. The molecule has 2 fully saturated rings. The molecule has 264 valence electrons. The van der Waals surface area contributed by atoms with Crippen molar-refractivity contribution in [2.24, 2.45) is 5.73 Å². The van der Waals surface area contributed by atoms with E-state index in [1.165, 1.54) is 29.1 Å². The van der Waals surface area contributed by atoms with E-state index in [1.54, 1.807) is 0 Å². The van der Waals surface area contributed by atoms with Crippen LogP contribution in [0.25, 0.3) is 11.2 Å². The van der Waals surface area contributed by atoms with Crippen molar-refractivity contribution in [1.82, 2.24) is 19.5 Å². The standard InChI is InChI=1S/C21H28N7O17P3/c22-17-12-19(25-7-24-17)28(8-26-12)21-16(44-46(33,34)35)14(30)11(43-21)6-41-48(38,39)45-47(36,37)40-5-10-13(29)15(31)20(42-10)27-3-1-2-9(4-27)18(23)32/h1-4,7-8,10-11,13-16,20-21,29-31H,5-6H2,(H7-,22,23,24,25,32,33,34,35,36,37,38,39)/p+1/t10-,11-,13-,14-,15-,16-,20?,21-/m1/s1. The number of imidazole rings is 1. The highest BCUT2D eigenvalue weighted by Gasteiger charge is 2.51. The molecular weight excluding hydrogens is 715 g/mol. The summed E-state index contributed by atoms with van der Waals surface area (Å²) in [5.74, 6) is -0.848. The number of amides is 1. The van der Waals surface area contributed by atoms with Crippen LogP contribution in [0.5, 0.6) is 0 Å². The molecule has 0 saturated carbocycles. The molecule has 27 heteroatoms. The number of carbonyl (C=O) groups excluding carboxylic acids is 1. The van der Waals surface area contributed by atoms with Crippen LogP contribution >= 0.6 is 23.5 Å². The second-order valence-corrected chi connectivity index (χ2v) is 14.5. The second-order valence-electron chi connectivity index (χ2n) is 10.3. The van der Waals surface area contributed by atoms with Gasteiger partial charge in [-0.2, -0.15) is 8.88 Å². The van der Waals surface area contributed by atoms with E-state index in [0.29, 0.717) is 0 Å². The van der Waals surface area contributed by atoms with Gasteiger partial charge < -0.3 is 55.8 Å². The van der Waals surface area contributed by atoms with Crippen molar-refractivity contribution in [3.05, 3.63) is 42.7 Å². The number of phosphoric acid groups is 3. The van der Waals surface area contributed by atoms with E-state index < -0.39 is 91.7 Å². The first-order valence-electron chi connectivity index (χ1n) is 13.3. The molecule has 3 unspecified atom stereocenters. The van der Waals surface area contributed by atoms with Crippen molar-refractivity contribution < 1.29 is 85.3 Å². The summed E-state index contributed by atoms with van der Waals surface area (Å²) in [7, 11) is -16.3. The van der Waals surface area contributed by atoms with Gasteiger partial charge in [-0.25, -0.2) is 28.6 Å². The third-order valence-corrected chi connectivity index (χ3v) is 10.1. The van der Waals surface area contributed by atoms with E-state index in [1.807, 2.05) is 0 Å². The summed E-state index contributed by atoms with van der Waals surface area (Å²) in [5, 5.41) is 31.5. The second kappa shape index (κ2) is 13.8. The molecule has 48 heavy (non-hydrogen) atoms. The van der Waals surface area contributed by atoms with Crippen LogP contribution < -0.4 is 16.0 Å². The predicted octanol–water partition coefficient (Wildman–Crippen LogP) is -2.90. The molecule has 2 aliphatic rings. The predicted molar refractivity (Wildman–Crippen MR) is 150 cm³/mol. The third-order valence-electron chi connectivity index (χ3n) is 6.98. The maximum absolute atomic E-state index is 12.6. The highest BCUT2D eigenvalue weighted by atomic mass is 31.3. The van der Waals surface area contributed by atoms with Crippen molar-refractivity contribution in [3.8, 4) is 0 Å². The maximum Gasteiger partial charge on any atom is 0.481 e. The summed E-state index contributed by atoms with van der Waals surface area (Å²) < 4.78 is 68.4. The molecule has 1 amide bonds. The number of nitrogens with zero attached hydrogens (tertiary/aromatic N) is 5. The molecule has 24 nitrogen and oxygen atoms in total. The van der Waals surface area contributed by atoms with Gasteiger partial charge in [0.25, 0.3) is 12.1 Å². The van der Waals surface area contributed by atoms with Crippen LogP contribution in [-0.2, 0) is 41.1 Å². The summed E-state index contributed by atoms with van der Waals surface area (Å²) in [5.41, 5.74) is 11.1. The van der Waals surface area contributed by atoms with Crippen LogP contribution in [0.4, 0.5) is 5.82 Å². The SMILES string of the molecule is NC(=O)c1ccc[n+](C2O[C@H](COP(=O)(O)OP(=O)(O)OC[C@H]3O[C@@H](n4cnc5c(N)ncnc54)[C@H](OP(=O)(O)O)[C@@H]3O)[C@@H](O)[C@H]2O)c1. The summed E-state index contributed by atoms with van der Waals surface area (Å²) in [6, 6.07) is 2.79. The number of nitrogens with two attached hydrogens (primary N) is 2. The van der Waals surface area contributed by atoms with Crippen LogP contribution in [0.1, 0.15) is 22.8 Å². The minimum atomic E-state index is -5.52. The van der Waals surface area contributed by atoms with Gasteiger partial charge in [0.2, 0.25) is 0 Å². The van der Waals surface area contributed by atoms with Crippen molar-refractivity contribution >= 4 is 46.4 Å². The molecule has 2 saturated heterocycles. The minimum absolute atomic E-state index is 0.00286. The van der Waals surface area contributed by atoms with Crippen LogP contribution in [0, 0.1) is 0 Å². The molecule has 5 rings (SSSR count). The Morgan fingerprint density at radius 2 is 1.60 bits per heavy atom. The van der Waals surface area contributed by atoms with Gasteiger partial charge in [-0.1, -0.05) is 0 Å². The zero-order valence-corrected chi connectivity index (χ0v) is 26.6. The number of pyridine rings is 1. The average molecular weight is 744 g/mol. The van der Waals surface area contributed by atoms with Gasteiger partial charge in [0.1, 0.15) is 47.9 Å². The molecular formula is C21H29N7O17P3+. The Hall–Kier alpha value is -2.86. The number of aromatic nitrogens is 5. The lowest BCUT2D eigenvalue weighted by atomic mass is 10.1. The summed E-state index contributed by atoms with van der Waals surface area (Å²) in [4.78, 5) is 62.2. The largest absolute Gasteiger partial charge is 0.481 e. The number of anilines is 1. The summed E-state index contributed by atoms with van der Waals surface area (Å²) in [6.45, 7) is -2.03. The topological polar surface area (TPSA) is 365 Å². The lowest BCUT2D eigenvalue weighted by Gasteiger charge is -2.22. The van der Waals surface area contributed by atoms with Gasteiger partial charge in [-0.05, 0) is 6.07 Å². The normalized spacial score (nSPS) is 30.3. The zero-order chi connectivity index (χ0) is 35.2. The minimum Gasteiger partial charge on any atom is -0.387 e. The number of fused-ring (bicyclic) bond motifs is 1. The number of primary amides is 1. The number of carbonyl (C=O) groups is 1. The molecule has 11 N–H and O–H groups in total. The maximum atomic E-state index is 12.6. The number of ether oxygens (including phenoxy) is 2. The summed E-state index contributed by atoms with van der Waals surface area (Å²) in [6.07, 6.45) is -8.39. The van der Waals surface area contributed by atoms with Gasteiger partial charge in [0, 0.05) is 6.07 Å². The molecule has 10 atom stereocenters. The lowest BCUT2D eigenvalue weighted by Crippen LogP contribution is -2.46. The van der Waals surface area contributed by atoms with E-state index >= 15 is 0 Å². The fourth-order valence-electron chi connectivity index (χ4n) is 4.83. The van der Waals surface area contributed by atoms with Crippen molar-refractivity contribution in [2.75, 3.05) is 18.9 Å². The first-order chi connectivity index (χ1) is 22.4. The van der Waals surface area contributed by atoms with Gasteiger partial charge in [0.15, 0.2) is 36.2 Å². The fourth-order valence-corrected chi connectivity index (χ4v) is 7.47. The first-order valence-corrected chi connectivity index (χ1v) is 17.9. The molecule has 0 bridgehead atoms. The molecule has 0 spiro atoms. The van der Waals surface area contributed by atoms with E-state index in [2.05, 4.69) is 23.8 Å². The Balaban J connectivity index is 1.21. The smallest absolute Gasteiger partial charge is 0.387 e. The number of aliphatic hydroxyl groups is 3. The Morgan fingerprint density at radius 1 is 0.958 bits per heavy atom. The van der Waals surface area contributed by atoms with E-state index in [0.717, 1.165) is 17.2 Å². The Kier molecular flexibility index (Phi) is 10.5. The number of phosphoric ester groups is 3. The van der Waals surface area contributed by atoms with Gasteiger partial charge in [-0.15, -0.1) is 0 Å². The number of rotatable bonds is 13. The fraction of sp³-hybridized carbons (Fsp3) is 0.476. The van der Waals surface area contributed by atoms with E-state index in [-0.39, 0.29) is 22.5 Å². The number of hydrogen-bond donors (Lipinski definition) is 9. The number of aliphatic hydroxyl groups excluding tert-OH is 3. The van der Waals surface area contributed by atoms with Crippen molar-refractivity contribution in [2.45, 2.75) is 49.1 Å². The third kappa shape index (κ3) is 8.12. The summed E-state index contributed by atoms with van der Waals surface area (Å²) >= 11 is 0. The first kappa shape index (κ1) is 36.4. The van der Waals surface area contributed by atoms with E-state index in [9.17, 15) is 53.4 Å². The quantitative estimate of drug-likeness (QED) is 0.0626. The lowest BCUT2D eigenvalue weighted by molar-refractivity contribution is -0.765. The Labute approximate surface area is 267 Å². The van der Waals surface area contributed by atoms with Crippen LogP contribution in [0.2, 0.25) is 0 Å². The van der Waals surface area contributed by atoms with Gasteiger partial charge in [0.05, 0.1) is 19.5 Å². The average Bonchev–Trinajstić information content (AvgIpc) is 3.64.